The van der Waals surface area contributed by atoms with E-state index in [1.165, 1.54) is 19.4 Å². The molecule has 0 fully saturated rings. The van der Waals surface area contributed by atoms with Gasteiger partial charge in [-0.15, -0.1) is 24.8 Å². The van der Waals surface area contributed by atoms with Gasteiger partial charge in [0.1, 0.15) is 5.52 Å². The van der Waals surface area contributed by atoms with Crippen molar-refractivity contribution in [3.05, 3.63) is 35.4 Å². The molecule has 0 bridgehead atoms. The van der Waals surface area contributed by atoms with E-state index in [2.05, 4.69) is 29.0 Å². The summed E-state index contributed by atoms with van der Waals surface area (Å²) in [5, 5.41) is 5.31. The maximum atomic E-state index is 6.18. The number of nitrogens with zero attached hydrogens (tertiary/aromatic N) is 3. The highest BCUT2D eigenvalue weighted by molar-refractivity contribution is 6.31. The zero-order valence-electron chi connectivity index (χ0n) is 17.8. The molecule has 8 heteroatoms. The van der Waals surface area contributed by atoms with Gasteiger partial charge in [0.2, 0.25) is 5.88 Å². The normalized spacial score (nSPS) is 10.7. The minimum absolute atomic E-state index is 0. The number of nitrogens with one attached hydrogen (secondary N) is 1. The minimum atomic E-state index is 0. The fourth-order valence-corrected chi connectivity index (χ4v) is 3.62. The van der Waals surface area contributed by atoms with E-state index >= 15 is 0 Å². The van der Waals surface area contributed by atoms with E-state index in [4.69, 9.17) is 21.3 Å². The van der Waals surface area contributed by atoms with E-state index in [0.29, 0.717) is 10.9 Å². The zero-order chi connectivity index (χ0) is 19.9. The van der Waals surface area contributed by atoms with Crippen molar-refractivity contribution in [3.63, 3.8) is 0 Å². The third-order valence-electron chi connectivity index (χ3n) is 5.11. The Morgan fingerprint density at radius 1 is 0.967 bits per heavy atom. The van der Waals surface area contributed by atoms with Crippen LogP contribution in [0.25, 0.3) is 21.9 Å². The fraction of sp³-hybridized carbons (Fsp3) is 0.455. The lowest BCUT2D eigenvalue weighted by atomic mass is 10.1. The van der Waals surface area contributed by atoms with E-state index in [0.717, 1.165) is 53.7 Å². The molecule has 3 rings (SSSR count). The number of pyridine rings is 2. The maximum Gasteiger partial charge on any atom is 0.213 e. The number of benzene rings is 1. The lowest BCUT2D eigenvalue weighted by Crippen LogP contribution is -2.23. The molecule has 0 aliphatic carbocycles. The van der Waals surface area contributed by atoms with Crippen LogP contribution in [0.3, 0.4) is 0 Å². The molecule has 0 aliphatic heterocycles. The predicted octanol–water partition coefficient (Wildman–Crippen LogP) is 6.21. The van der Waals surface area contributed by atoms with Crippen LogP contribution >= 0.6 is 36.4 Å². The highest BCUT2D eigenvalue weighted by atomic mass is 35.5. The van der Waals surface area contributed by atoms with Gasteiger partial charge in [0.15, 0.2) is 0 Å². The third kappa shape index (κ3) is 6.48. The van der Waals surface area contributed by atoms with Crippen molar-refractivity contribution in [1.29, 1.82) is 0 Å². The smallest absolute Gasteiger partial charge is 0.213 e. The number of rotatable bonds is 10. The molecule has 0 unspecified atom stereocenters. The van der Waals surface area contributed by atoms with Crippen molar-refractivity contribution >= 4 is 64.0 Å². The van der Waals surface area contributed by atoms with Crippen molar-refractivity contribution in [3.8, 4) is 5.88 Å². The van der Waals surface area contributed by atoms with E-state index in [1.54, 1.807) is 7.11 Å². The second-order valence-corrected chi connectivity index (χ2v) is 7.32. The van der Waals surface area contributed by atoms with Crippen LogP contribution in [-0.4, -0.2) is 48.2 Å². The van der Waals surface area contributed by atoms with Gasteiger partial charge in [-0.1, -0.05) is 31.9 Å². The van der Waals surface area contributed by atoms with Gasteiger partial charge in [-0.05, 0) is 56.7 Å². The summed E-state index contributed by atoms with van der Waals surface area (Å²) in [7, 11) is 1.63. The molecule has 0 radical (unpaired) electrons. The molecule has 1 N–H and O–H groups in total. The average Bonchev–Trinajstić information content (AvgIpc) is 2.72. The molecule has 0 amide bonds. The van der Waals surface area contributed by atoms with Crippen LogP contribution in [0.5, 0.6) is 5.88 Å². The Balaban J connectivity index is 0.00000225. The monoisotopic (exact) mass is 472 g/mol. The topological polar surface area (TPSA) is 50.3 Å². The molecule has 0 saturated carbocycles. The molecule has 2 heterocycles. The quantitative estimate of drug-likeness (QED) is 0.280. The number of hydrogen-bond acceptors (Lipinski definition) is 5. The third-order valence-corrected chi connectivity index (χ3v) is 5.35. The first-order valence-electron chi connectivity index (χ1n) is 10.1. The minimum Gasteiger partial charge on any atom is -0.481 e. The maximum absolute atomic E-state index is 6.18. The number of fused-ring (bicyclic) bond motifs is 2. The first-order chi connectivity index (χ1) is 13.7. The van der Waals surface area contributed by atoms with E-state index in [9.17, 15) is 0 Å². The number of anilines is 1. The number of aromatic nitrogens is 2. The van der Waals surface area contributed by atoms with Gasteiger partial charge < -0.3 is 15.0 Å². The van der Waals surface area contributed by atoms with E-state index in [-0.39, 0.29) is 24.8 Å². The van der Waals surface area contributed by atoms with Crippen LogP contribution < -0.4 is 10.1 Å². The molecule has 0 atom stereocenters. The molecular weight excluding hydrogens is 443 g/mol. The summed E-state index contributed by atoms with van der Waals surface area (Å²) in [4.78, 5) is 11.8. The Hall–Kier alpha value is -1.53. The number of unbranched alkanes of at least 4 members (excludes halogenated alkanes) is 2. The molecule has 1 aromatic carbocycles. The van der Waals surface area contributed by atoms with Crippen LogP contribution in [0.4, 0.5) is 5.69 Å². The molecule has 0 aliphatic rings. The van der Waals surface area contributed by atoms with Gasteiger partial charge in [0.25, 0.3) is 0 Å². The first-order valence-corrected chi connectivity index (χ1v) is 10.4. The second-order valence-electron chi connectivity index (χ2n) is 6.88. The van der Waals surface area contributed by atoms with Crippen LogP contribution in [0, 0.1) is 0 Å². The molecule has 2 aromatic heterocycles. The van der Waals surface area contributed by atoms with Gasteiger partial charge >= 0.3 is 0 Å². The Bertz CT molecular complexity index is 935. The summed E-state index contributed by atoms with van der Waals surface area (Å²) < 4.78 is 5.32. The van der Waals surface area contributed by atoms with Crippen LogP contribution in [0.2, 0.25) is 5.02 Å². The molecule has 166 valence electrons. The van der Waals surface area contributed by atoms with Crippen LogP contribution in [-0.2, 0) is 0 Å². The Morgan fingerprint density at radius 2 is 1.73 bits per heavy atom. The average molecular weight is 474 g/mol. The Kier molecular flexibility index (Phi) is 11.5. The predicted molar refractivity (Wildman–Crippen MR) is 133 cm³/mol. The van der Waals surface area contributed by atoms with Gasteiger partial charge in [0.05, 0.1) is 23.8 Å². The second kappa shape index (κ2) is 13.0. The molecule has 5 nitrogen and oxygen atoms in total. The van der Waals surface area contributed by atoms with Crippen LogP contribution in [0.15, 0.2) is 30.3 Å². The highest BCUT2D eigenvalue weighted by Crippen LogP contribution is 2.32. The SMILES string of the molecule is CCN(CC)CCCCCNc1c2ccc(Cl)cc2nc2ccc(OC)nc12.Cl.Cl. The summed E-state index contributed by atoms with van der Waals surface area (Å²) in [6.45, 7) is 8.76. The molecule has 3 aromatic rings. The molecule has 30 heavy (non-hydrogen) atoms. The number of halogens is 3. The van der Waals surface area contributed by atoms with Crippen LogP contribution in [0.1, 0.15) is 33.1 Å². The van der Waals surface area contributed by atoms with E-state index in [1.807, 2.05) is 30.3 Å². The standard InChI is InChI=1S/C22H29ClN4O.2ClH/c1-4-27(5-2)14-8-6-7-13-24-21-17-10-9-16(23)15-19(17)25-18-11-12-20(28-3)26-22(18)21;;/h9-12,15H,4-8,13-14H2,1-3H3,(H,24,25);2*1H. The van der Waals surface area contributed by atoms with Gasteiger partial charge in [-0.3, -0.25) is 0 Å². The van der Waals surface area contributed by atoms with Gasteiger partial charge in [-0.2, -0.15) is 0 Å². The van der Waals surface area contributed by atoms with E-state index < -0.39 is 0 Å². The van der Waals surface area contributed by atoms with Crippen molar-refractivity contribution < 1.29 is 4.74 Å². The number of methoxy groups -OCH3 is 1. The lowest BCUT2D eigenvalue weighted by Gasteiger charge is -2.17. The highest BCUT2D eigenvalue weighted by Gasteiger charge is 2.12. The lowest BCUT2D eigenvalue weighted by molar-refractivity contribution is 0.296. The van der Waals surface area contributed by atoms with Crippen molar-refractivity contribution in [2.45, 2.75) is 33.1 Å². The summed E-state index contributed by atoms with van der Waals surface area (Å²) in [6.07, 6.45) is 3.54. The van der Waals surface area contributed by atoms with Crippen molar-refractivity contribution in [2.24, 2.45) is 0 Å². The molecular formula is C22H31Cl3N4O. The number of hydrogen-bond donors (Lipinski definition) is 1. The summed E-state index contributed by atoms with van der Waals surface area (Å²) >= 11 is 6.18. The number of ether oxygens (including phenoxy) is 1. The molecule has 0 saturated heterocycles. The molecule has 0 spiro atoms. The largest absolute Gasteiger partial charge is 0.481 e. The summed E-state index contributed by atoms with van der Waals surface area (Å²) in [5.74, 6) is 0.588. The van der Waals surface area contributed by atoms with Gasteiger partial charge in [-0.25, -0.2) is 9.97 Å². The first kappa shape index (κ1) is 26.5. The van der Waals surface area contributed by atoms with Crippen molar-refractivity contribution in [1.82, 2.24) is 14.9 Å². The fourth-order valence-electron chi connectivity index (χ4n) is 3.46. The van der Waals surface area contributed by atoms with Crippen molar-refractivity contribution in [2.75, 3.05) is 38.6 Å². The van der Waals surface area contributed by atoms with Gasteiger partial charge in [0, 0.05) is 23.0 Å². The Morgan fingerprint density at radius 3 is 2.43 bits per heavy atom. The summed E-state index contributed by atoms with van der Waals surface area (Å²) in [5.41, 5.74) is 3.53. The zero-order valence-corrected chi connectivity index (χ0v) is 20.2. The Labute approximate surface area is 196 Å². The summed E-state index contributed by atoms with van der Waals surface area (Å²) in [6, 6.07) is 9.58.